The molecule has 0 saturated heterocycles. The van der Waals surface area contributed by atoms with Crippen LogP contribution in [0.3, 0.4) is 0 Å². The van der Waals surface area contributed by atoms with Gasteiger partial charge in [-0.25, -0.2) is 0 Å². The summed E-state index contributed by atoms with van der Waals surface area (Å²) < 4.78 is 2.08. The molecule has 0 amide bonds. The Balaban J connectivity index is 2.64. The molecule has 2 aromatic heterocycles. The molecule has 2 heterocycles. The van der Waals surface area contributed by atoms with Gasteiger partial charge in [0.1, 0.15) is 0 Å². The Morgan fingerprint density at radius 2 is 2.27 bits per heavy atom. The molecule has 5 heteroatoms. The van der Waals surface area contributed by atoms with Gasteiger partial charge >= 0.3 is 0 Å². The Morgan fingerprint density at radius 3 is 2.93 bits per heavy atom. The number of hydrogen-bond donors (Lipinski definition) is 1. The van der Waals surface area contributed by atoms with E-state index < -0.39 is 0 Å². The molecule has 0 saturated carbocycles. The van der Waals surface area contributed by atoms with E-state index in [0.29, 0.717) is 4.77 Å². The van der Waals surface area contributed by atoms with Crippen molar-refractivity contribution in [1.82, 2.24) is 14.5 Å². The first-order valence-electron chi connectivity index (χ1n) is 4.41. The summed E-state index contributed by atoms with van der Waals surface area (Å²) in [5.74, 6) is 0. The van der Waals surface area contributed by atoms with E-state index >= 15 is 0 Å². The summed E-state index contributed by atoms with van der Waals surface area (Å²) in [5, 5.41) is 0. The van der Waals surface area contributed by atoms with Gasteiger partial charge in [-0.05, 0) is 30.8 Å². The summed E-state index contributed by atoms with van der Waals surface area (Å²) in [4.78, 5) is 17.6. The van der Waals surface area contributed by atoms with Gasteiger partial charge < -0.3 is 0 Å². The molecule has 0 aliphatic heterocycles. The fourth-order valence-electron chi connectivity index (χ4n) is 1.29. The first-order valence-corrected chi connectivity index (χ1v) is 4.82. The van der Waals surface area contributed by atoms with Gasteiger partial charge in [0.2, 0.25) is 0 Å². The molecule has 0 bridgehead atoms. The Morgan fingerprint density at radius 1 is 1.47 bits per heavy atom. The van der Waals surface area contributed by atoms with Gasteiger partial charge in [0.25, 0.3) is 5.56 Å². The van der Waals surface area contributed by atoms with Crippen LogP contribution >= 0.6 is 12.2 Å². The average molecular weight is 219 g/mol. The van der Waals surface area contributed by atoms with Crippen molar-refractivity contribution in [2.75, 3.05) is 0 Å². The zero-order chi connectivity index (χ0) is 10.8. The van der Waals surface area contributed by atoms with Crippen molar-refractivity contribution in [3.63, 3.8) is 0 Å². The van der Waals surface area contributed by atoms with E-state index in [0.717, 1.165) is 11.3 Å². The summed E-state index contributed by atoms with van der Waals surface area (Å²) in [5.41, 5.74) is 1.69. The number of nitrogens with zero attached hydrogens (tertiary/aromatic N) is 2. The summed E-state index contributed by atoms with van der Waals surface area (Å²) in [6, 6.07) is 3.37. The van der Waals surface area contributed by atoms with Crippen LogP contribution in [-0.2, 0) is 0 Å². The second kappa shape index (κ2) is 3.78. The maximum atomic E-state index is 11.0. The fraction of sp³-hybridized carbons (Fsp3) is 0.100. The Bertz CT molecular complexity index is 600. The number of H-pyrrole nitrogens is 1. The van der Waals surface area contributed by atoms with E-state index in [1.807, 2.05) is 13.0 Å². The predicted octanol–water partition coefficient (Wildman–Crippen LogP) is 1.60. The van der Waals surface area contributed by atoms with Crippen LogP contribution in [0.25, 0.3) is 5.69 Å². The number of hydrogen-bond acceptors (Lipinski definition) is 3. The highest BCUT2D eigenvalue weighted by molar-refractivity contribution is 7.71. The molecule has 0 aliphatic carbocycles. The fourth-order valence-corrected chi connectivity index (χ4v) is 1.56. The lowest BCUT2D eigenvalue weighted by Crippen LogP contribution is -2.09. The minimum absolute atomic E-state index is 0.197. The highest BCUT2D eigenvalue weighted by Crippen LogP contribution is 2.06. The van der Waals surface area contributed by atoms with Crippen LogP contribution in [0.2, 0.25) is 0 Å². The van der Waals surface area contributed by atoms with Crippen molar-refractivity contribution in [3.8, 4) is 5.69 Å². The van der Waals surface area contributed by atoms with E-state index in [-0.39, 0.29) is 5.56 Å². The second-order valence-electron chi connectivity index (χ2n) is 3.20. The third-order valence-electron chi connectivity index (χ3n) is 1.96. The molecule has 0 aliphatic rings. The van der Waals surface area contributed by atoms with Crippen LogP contribution in [0, 0.1) is 11.7 Å². The lowest BCUT2D eigenvalue weighted by Gasteiger charge is -2.05. The van der Waals surface area contributed by atoms with Crippen molar-refractivity contribution in [3.05, 3.63) is 51.4 Å². The van der Waals surface area contributed by atoms with Crippen LogP contribution in [0.15, 0.2) is 35.5 Å². The molecule has 2 aromatic rings. The lowest BCUT2D eigenvalue weighted by atomic mass is 10.3. The molecule has 76 valence electrons. The van der Waals surface area contributed by atoms with E-state index in [1.165, 1.54) is 6.07 Å². The molecular formula is C10H9N3OS. The summed E-state index contributed by atoms with van der Waals surface area (Å²) in [7, 11) is 0. The molecule has 0 unspecified atom stereocenters. The first-order chi connectivity index (χ1) is 7.16. The van der Waals surface area contributed by atoms with Gasteiger partial charge in [0, 0.05) is 18.5 Å². The van der Waals surface area contributed by atoms with E-state index in [4.69, 9.17) is 12.2 Å². The molecule has 2 rings (SSSR count). The van der Waals surface area contributed by atoms with E-state index in [2.05, 4.69) is 9.97 Å². The maximum Gasteiger partial charge on any atom is 0.251 e. The maximum absolute atomic E-state index is 11.0. The van der Waals surface area contributed by atoms with Crippen molar-refractivity contribution in [2.45, 2.75) is 6.92 Å². The monoisotopic (exact) mass is 219 g/mol. The SMILES string of the molecule is Cc1cncc(-n2ccc(=O)[nH]c2=S)c1. The third-order valence-corrected chi connectivity index (χ3v) is 2.26. The van der Waals surface area contributed by atoms with Crippen LogP contribution in [-0.4, -0.2) is 14.5 Å². The topological polar surface area (TPSA) is 50.7 Å². The van der Waals surface area contributed by atoms with Crippen molar-refractivity contribution in [2.24, 2.45) is 0 Å². The molecule has 0 radical (unpaired) electrons. The van der Waals surface area contributed by atoms with Gasteiger partial charge in [-0.3, -0.25) is 19.3 Å². The Kier molecular flexibility index (Phi) is 2.47. The molecule has 0 fully saturated rings. The second-order valence-corrected chi connectivity index (χ2v) is 3.59. The number of aromatic amines is 1. The standard InChI is InChI=1S/C10H9N3OS/c1-7-4-8(6-11-5-7)13-3-2-9(14)12-10(13)15/h2-6H,1H3,(H,12,14,15). The molecule has 15 heavy (non-hydrogen) atoms. The average Bonchev–Trinajstić information content (AvgIpc) is 2.17. The van der Waals surface area contributed by atoms with Gasteiger partial charge in [-0.2, -0.15) is 0 Å². The van der Waals surface area contributed by atoms with Gasteiger partial charge in [0.05, 0.1) is 11.9 Å². The van der Waals surface area contributed by atoms with E-state index in [1.54, 1.807) is 23.2 Å². The van der Waals surface area contributed by atoms with Gasteiger partial charge in [-0.15, -0.1) is 0 Å². The number of nitrogens with one attached hydrogen (secondary N) is 1. The molecular weight excluding hydrogens is 210 g/mol. The minimum Gasteiger partial charge on any atom is -0.299 e. The van der Waals surface area contributed by atoms with E-state index in [9.17, 15) is 4.79 Å². The Labute approximate surface area is 91.2 Å². The van der Waals surface area contributed by atoms with Gasteiger partial charge in [0.15, 0.2) is 4.77 Å². The van der Waals surface area contributed by atoms with Crippen LogP contribution in [0.1, 0.15) is 5.56 Å². The molecule has 4 nitrogen and oxygen atoms in total. The number of aromatic nitrogens is 3. The lowest BCUT2D eigenvalue weighted by molar-refractivity contribution is 0.927. The highest BCUT2D eigenvalue weighted by Gasteiger charge is 1.97. The van der Waals surface area contributed by atoms with Gasteiger partial charge in [-0.1, -0.05) is 0 Å². The van der Waals surface area contributed by atoms with Crippen molar-refractivity contribution < 1.29 is 0 Å². The third kappa shape index (κ3) is 2.02. The molecule has 0 aromatic carbocycles. The predicted molar refractivity (Wildman–Crippen MR) is 59.8 cm³/mol. The molecule has 0 spiro atoms. The Hall–Kier alpha value is -1.75. The number of pyridine rings is 1. The van der Waals surface area contributed by atoms with Crippen molar-refractivity contribution in [1.29, 1.82) is 0 Å². The minimum atomic E-state index is -0.197. The molecule has 0 atom stereocenters. The van der Waals surface area contributed by atoms with Crippen LogP contribution < -0.4 is 5.56 Å². The molecule has 1 N–H and O–H groups in total. The summed E-state index contributed by atoms with van der Waals surface area (Å²) in [6.07, 6.45) is 5.09. The highest BCUT2D eigenvalue weighted by atomic mass is 32.1. The smallest absolute Gasteiger partial charge is 0.251 e. The van der Waals surface area contributed by atoms with Crippen LogP contribution in [0.5, 0.6) is 0 Å². The first kappa shape index (κ1) is 9.79. The summed E-state index contributed by atoms with van der Waals surface area (Å²) in [6.45, 7) is 1.95. The normalized spacial score (nSPS) is 10.2. The zero-order valence-corrected chi connectivity index (χ0v) is 8.91. The zero-order valence-electron chi connectivity index (χ0n) is 8.10. The van der Waals surface area contributed by atoms with Crippen molar-refractivity contribution >= 4 is 12.2 Å². The number of rotatable bonds is 1. The van der Waals surface area contributed by atoms with Crippen LogP contribution in [0.4, 0.5) is 0 Å². The number of aryl methyl sites for hydroxylation is 1. The summed E-state index contributed by atoms with van der Waals surface area (Å²) >= 11 is 5.04. The largest absolute Gasteiger partial charge is 0.299 e. The quantitative estimate of drug-likeness (QED) is 0.741.